The molecule has 0 aliphatic carbocycles. The molecule has 5 nitrogen and oxygen atoms in total. The number of aryl methyl sites for hydroxylation is 1. The molecule has 17 heavy (non-hydrogen) atoms. The topological polar surface area (TPSA) is 56.2 Å². The molecular formula is C11H16N4OS. The van der Waals surface area contributed by atoms with Crippen LogP contribution in [0.15, 0.2) is 14.8 Å². The maximum absolute atomic E-state index is 5.52. The molecule has 2 heterocycles. The molecule has 0 radical (unpaired) electrons. The highest BCUT2D eigenvalue weighted by atomic mass is 32.1. The van der Waals surface area contributed by atoms with Gasteiger partial charge in [0, 0.05) is 23.5 Å². The fourth-order valence-electron chi connectivity index (χ4n) is 1.19. The molecule has 0 aliphatic heterocycles. The van der Waals surface area contributed by atoms with Crippen molar-refractivity contribution in [3.8, 4) is 0 Å². The summed E-state index contributed by atoms with van der Waals surface area (Å²) >= 11 is 1.56. The fraction of sp³-hybridized carbons (Fsp3) is 0.545. The Kier molecular flexibility index (Phi) is 2.91. The highest BCUT2D eigenvalue weighted by Gasteiger charge is 2.21. The van der Waals surface area contributed by atoms with Gasteiger partial charge in [0.05, 0.1) is 0 Å². The average molecular weight is 252 g/mol. The molecule has 2 aromatic rings. The number of rotatable bonds is 1. The van der Waals surface area contributed by atoms with Crippen LogP contribution in [0.3, 0.4) is 0 Å². The van der Waals surface area contributed by atoms with E-state index in [0.29, 0.717) is 11.9 Å². The zero-order valence-electron chi connectivity index (χ0n) is 10.7. The number of hydrogen-bond acceptors (Lipinski definition) is 5. The molecule has 2 aromatic heterocycles. The average Bonchev–Trinajstić information content (AvgIpc) is 2.80. The first-order chi connectivity index (χ1) is 7.88. The van der Waals surface area contributed by atoms with Crippen molar-refractivity contribution in [2.45, 2.75) is 33.1 Å². The van der Waals surface area contributed by atoms with E-state index in [1.807, 2.05) is 44.7 Å². The van der Waals surface area contributed by atoms with E-state index in [-0.39, 0.29) is 5.41 Å². The Bertz CT molecular complexity index is 585. The van der Waals surface area contributed by atoms with Gasteiger partial charge in [0.1, 0.15) is 0 Å². The molecule has 0 atom stereocenters. The minimum Gasteiger partial charge on any atom is -0.406 e. The van der Waals surface area contributed by atoms with E-state index in [1.165, 1.54) is 0 Å². The Balaban J connectivity index is 2.41. The molecule has 0 N–H and O–H groups in total. The van der Waals surface area contributed by atoms with Gasteiger partial charge in [-0.25, -0.2) is 0 Å². The lowest BCUT2D eigenvalue weighted by molar-refractivity contribution is 0.397. The first-order valence-corrected chi connectivity index (χ1v) is 6.26. The van der Waals surface area contributed by atoms with Crippen molar-refractivity contribution in [2.75, 3.05) is 0 Å². The van der Waals surface area contributed by atoms with Crippen LogP contribution < -0.4 is 4.80 Å². The Hall–Kier alpha value is -1.43. The predicted molar refractivity (Wildman–Crippen MR) is 66.2 cm³/mol. The molecule has 0 aliphatic rings. The van der Waals surface area contributed by atoms with Crippen molar-refractivity contribution in [1.29, 1.82) is 0 Å². The van der Waals surface area contributed by atoms with Gasteiger partial charge in [0.25, 0.3) is 0 Å². The zero-order chi connectivity index (χ0) is 12.6. The Labute approximate surface area is 104 Å². The lowest BCUT2D eigenvalue weighted by atomic mass is 9.97. The minimum atomic E-state index is -0.145. The predicted octanol–water partition coefficient (Wildman–Crippen LogP) is 2.31. The van der Waals surface area contributed by atoms with Crippen LogP contribution >= 0.6 is 11.3 Å². The first kappa shape index (κ1) is 12.0. The molecule has 0 aromatic carbocycles. The second-order valence-corrected chi connectivity index (χ2v) is 5.81. The number of hydrogen-bond donors (Lipinski definition) is 0. The molecule has 0 fully saturated rings. The summed E-state index contributed by atoms with van der Waals surface area (Å²) in [5.74, 6) is 0.604. The molecule has 0 saturated heterocycles. The summed E-state index contributed by atoms with van der Waals surface area (Å²) in [5.41, 5.74) is 1.01. The van der Waals surface area contributed by atoms with Crippen molar-refractivity contribution in [1.82, 2.24) is 14.8 Å². The molecule has 6 heteroatoms. The largest absolute Gasteiger partial charge is 0.406 e. The van der Waals surface area contributed by atoms with Gasteiger partial charge in [0.15, 0.2) is 4.80 Å². The van der Waals surface area contributed by atoms with Gasteiger partial charge in [-0.2, -0.15) is 4.99 Å². The van der Waals surface area contributed by atoms with Gasteiger partial charge in [-0.05, 0) is 6.92 Å². The van der Waals surface area contributed by atoms with Crippen LogP contribution in [0.1, 0.15) is 32.4 Å². The summed E-state index contributed by atoms with van der Waals surface area (Å²) in [4.78, 5) is 5.19. The minimum absolute atomic E-state index is 0.145. The molecule has 0 bridgehead atoms. The van der Waals surface area contributed by atoms with Crippen LogP contribution in [-0.4, -0.2) is 14.8 Å². The summed E-state index contributed by atoms with van der Waals surface area (Å²) in [6, 6.07) is 0.312. The number of aromatic nitrogens is 3. The smallest absolute Gasteiger partial charge is 0.345 e. The zero-order valence-corrected chi connectivity index (χ0v) is 11.5. The third-order valence-electron chi connectivity index (χ3n) is 2.40. The summed E-state index contributed by atoms with van der Waals surface area (Å²) in [6.07, 6.45) is 0. The molecule has 0 saturated carbocycles. The van der Waals surface area contributed by atoms with Crippen LogP contribution in [0.25, 0.3) is 0 Å². The Morgan fingerprint density at radius 1 is 1.35 bits per heavy atom. The van der Waals surface area contributed by atoms with Crippen LogP contribution in [0.2, 0.25) is 0 Å². The molecule has 0 spiro atoms. The maximum atomic E-state index is 5.52. The summed E-state index contributed by atoms with van der Waals surface area (Å²) in [7, 11) is 1.96. The van der Waals surface area contributed by atoms with Crippen molar-refractivity contribution in [3.63, 3.8) is 0 Å². The lowest BCUT2D eigenvalue weighted by Crippen LogP contribution is -2.11. The standard InChI is InChI=1S/C11H16N4OS/c1-7-6-17-10(15(7)5)12-9-14-13-8(16-9)11(2,3)4/h6H,1-5H3/b12-10+. The molecule has 0 unspecified atom stereocenters. The number of nitrogens with zero attached hydrogens (tertiary/aromatic N) is 4. The molecule has 0 amide bonds. The van der Waals surface area contributed by atoms with E-state index in [0.717, 1.165) is 10.5 Å². The van der Waals surface area contributed by atoms with Crippen molar-refractivity contribution in [2.24, 2.45) is 12.0 Å². The molecular weight excluding hydrogens is 236 g/mol. The molecule has 92 valence electrons. The van der Waals surface area contributed by atoms with E-state index < -0.39 is 0 Å². The van der Waals surface area contributed by atoms with Crippen molar-refractivity contribution >= 4 is 17.4 Å². The van der Waals surface area contributed by atoms with Crippen LogP contribution in [0, 0.1) is 6.92 Å². The van der Waals surface area contributed by atoms with Gasteiger partial charge in [-0.1, -0.05) is 25.9 Å². The number of thiazole rings is 1. The summed E-state index contributed by atoms with van der Waals surface area (Å²) < 4.78 is 7.51. The van der Waals surface area contributed by atoms with Crippen LogP contribution in [-0.2, 0) is 12.5 Å². The highest BCUT2D eigenvalue weighted by Crippen LogP contribution is 2.22. The third kappa shape index (κ3) is 2.46. The van der Waals surface area contributed by atoms with Gasteiger partial charge in [0.2, 0.25) is 5.89 Å². The van der Waals surface area contributed by atoms with Gasteiger partial charge < -0.3 is 8.98 Å². The SMILES string of the molecule is Cc1cs/c(=N/c2nnc(C(C)(C)C)o2)n1C. The van der Waals surface area contributed by atoms with Gasteiger partial charge in [-0.3, -0.25) is 0 Å². The highest BCUT2D eigenvalue weighted by molar-refractivity contribution is 7.07. The van der Waals surface area contributed by atoms with E-state index in [4.69, 9.17) is 4.42 Å². The van der Waals surface area contributed by atoms with E-state index in [1.54, 1.807) is 11.3 Å². The van der Waals surface area contributed by atoms with Gasteiger partial charge >= 0.3 is 6.01 Å². The van der Waals surface area contributed by atoms with E-state index in [9.17, 15) is 0 Å². The molecule has 2 rings (SSSR count). The Morgan fingerprint density at radius 2 is 2.06 bits per heavy atom. The normalized spacial score (nSPS) is 13.4. The summed E-state index contributed by atoms with van der Waals surface area (Å²) in [6.45, 7) is 8.11. The Morgan fingerprint density at radius 3 is 2.53 bits per heavy atom. The van der Waals surface area contributed by atoms with Crippen LogP contribution in [0.5, 0.6) is 0 Å². The lowest BCUT2D eigenvalue weighted by Gasteiger charge is -2.10. The maximum Gasteiger partial charge on any atom is 0.345 e. The van der Waals surface area contributed by atoms with Crippen molar-refractivity contribution in [3.05, 3.63) is 21.8 Å². The quantitative estimate of drug-likeness (QED) is 0.782. The van der Waals surface area contributed by atoms with Crippen molar-refractivity contribution < 1.29 is 4.42 Å². The second kappa shape index (κ2) is 4.10. The third-order valence-corrected chi connectivity index (χ3v) is 3.43. The second-order valence-electron chi connectivity index (χ2n) is 4.97. The van der Waals surface area contributed by atoms with E-state index >= 15 is 0 Å². The van der Waals surface area contributed by atoms with E-state index in [2.05, 4.69) is 15.2 Å². The monoisotopic (exact) mass is 252 g/mol. The fourth-order valence-corrected chi connectivity index (χ4v) is 2.06. The summed E-state index contributed by atoms with van der Waals surface area (Å²) in [5, 5.41) is 9.98. The van der Waals surface area contributed by atoms with Gasteiger partial charge in [-0.15, -0.1) is 16.4 Å². The first-order valence-electron chi connectivity index (χ1n) is 5.38. The van der Waals surface area contributed by atoms with Crippen LogP contribution in [0.4, 0.5) is 6.01 Å².